The van der Waals surface area contributed by atoms with Crippen molar-refractivity contribution in [2.75, 3.05) is 5.32 Å². The maximum Gasteiger partial charge on any atom is 0.435 e. The Kier molecular flexibility index (Phi) is 3.87. The Labute approximate surface area is 149 Å². The molecule has 2 heterocycles. The molecule has 0 saturated heterocycles. The number of rotatable bonds is 3. The van der Waals surface area contributed by atoms with Crippen molar-refractivity contribution in [2.24, 2.45) is 0 Å². The summed E-state index contributed by atoms with van der Waals surface area (Å²) in [6.45, 7) is -0.327. The summed E-state index contributed by atoms with van der Waals surface area (Å²) < 4.78 is 39.5. The number of carbonyl (C=O) groups excluding carboxylic acids is 1. The molecule has 0 atom stereocenters. The smallest absolute Gasteiger partial charge is 0.300 e. The van der Waals surface area contributed by atoms with E-state index in [1.807, 2.05) is 36.4 Å². The fourth-order valence-electron chi connectivity index (χ4n) is 2.62. The van der Waals surface area contributed by atoms with Crippen LogP contribution < -0.4 is 5.32 Å². The van der Waals surface area contributed by atoms with Crippen LogP contribution in [-0.2, 0) is 17.5 Å². The van der Waals surface area contributed by atoms with Crippen molar-refractivity contribution in [3.8, 4) is 0 Å². The molecule has 132 valence electrons. The number of halogens is 3. The lowest BCUT2D eigenvalue weighted by molar-refractivity contribution is -0.141. The highest BCUT2D eigenvalue weighted by Crippen LogP contribution is 2.31. The predicted octanol–water partition coefficient (Wildman–Crippen LogP) is 4.30. The van der Waals surface area contributed by atoms with Crippen molar-refractivity contribution in [3.63, 3.8) is 0 Å². The van der Waals surface area contributed by atoms with E-state index in [9.17, 15) is 18.0 Å². The van der Waals surface area contributed by atoms with Crippen molar-refractivity contribution in [1.29, 1.82) is 0 Å². The third kappa shape index (κ3) is 3.13. The van der Waals surface area contributed by atoms with Crippen molar-refractivity contribution >= 4 is 43.4 Å². The summed E-state index contributed by atoms with van der Waals surface area (Å²) in [5.41, 5.74) is -0.251. The molecule has 0 bridgehead atoms. The number of alkyl halides is 3. The Morgan fingerprint density at radius 1 is 1.15 bits per heavy atom. The molecule has 0 aliphatic heterocycles. The number of nitrogens with one attached hydrogen (secondary N) is 1. The van der Waals surface area contributed by atoms with Crippen LogP contribution in [0.3, 0.4) is 0 Å². The van der Waals surface area contributed by atoms with Crippen LogP contribution in [0.4, 0.5) is 18.3 Å². The third-order valence-electron chi connectivity index (χ3n) is 3.77. The van der Waals surface area contributed by atoms with Crippen LogP contribution in [0.15, 0.2) is 48.7 Å². The summed E-state index contributed by atoms with van der Waals surface area (Å²) in [5, 5.41) is 8.39. The van der Waals surface area contributed by atoms with Crippen LogP contribution in [-0.4, -0.2) is 20.7 Å². The molecule has 0 spiro atoms. The van der Waals surface area contributed by atoms with Gasteiger partial charge in [0, 0.05) is 11.6 Å². The molecular formula is C17H11F3N4OS. The van der Waals surface area contributed by atoms with Gasteiger partial charge >= 0.3 is 6.18 Å². The predicted molar refractivity (Wildman–Crippen MR) is 93.0 cm³/mol. The molecule has 4 aromatic rings. The lowest BCUT2D eigenvalue weighted by atomic mass is 10.1. The minimum atomic E-state index is -4.53. The quantitative estimate of drug-likeness (QED) is 0.580. The van der Waals surface area contributed by atoms with Gasteiger partial charge in [0.15, 0.2) is 10.8 Å². The number of thiazole rings is 1. The second kappa shape index (κ2) is 6.10. The second-order valence-corrected chi connectivity index (χ2v) is 6.63. The Bertz CT molecular complexity index is 1120. The first kappa shape index (κ1) is 16.5. The highest BCUT2D eigenvalue weighted by atomic mass is 32.1. The molecule has 0 aliphatic rings. The summed E-state index contributed by atoms with van der Waals surface area (Å²) >= 11 is 1.31. The third-order valence-corrected chi connectivity index (χ3v) is 4.70. The summed E-state index contributed by atoms with van der Waals surface area (Å²) in [5.74, 6) is -0.495. The molecule has 1 N–H and O–H groups in total. The first-order valence-corrected chi connectivity index (χ1v) is 8.40. The number of fused-ring (bicyclic) bond motifs is 3. The number of nitrogens with zero attached hydrogens (tertiary/aromatic N) is 3. The Morgan fingerprint density at radius 3 is 2.73 bits per heavy atom. The molecule has 2 aromatic carbocycles. The molecule has 2 aromatic heterocycles. The monoisotopic (exact) mass is 376 g/mol. The van der Waals surface area contributed by atoms with E-state index in [0.717, 1.165) is 37.9 Å². The number of benzene rings is 2. The van der Waals surface area contributed by atoms with Gasteiger partial charge in [0.2, 0.25) is 5.91 Å². The summed E-state index contributed by atoms with van der Waals surface area (Å²) in [7, 11) is 0. The van der Waals surface area contributed by atoms with Gasteiger partial charge in [0.1, 0.15) is 6.54 Å². The van der Waals surface area contributed by atoms with Gasteiger partial charge < -0.3 is 5.32 Å². The average molecular weight is 376 g/mol. The van der Waals surface area contributed by atoms with E-state index in [4.69, 9.17) is 0 Å². The number of anilines is 1. The molecule has 26 heavy (non-hydrogen) atoms. The minimum Gasteiger partial charge on any atom is -0.300 e. The number of aromatic nitrogens is 3. The number of carbonyl (C=O) groups is 1. The summed E-state index contributed by atoms with van der Waals surface area (Å²) in [6, 6.07) is 12.5. The van der Waals surface area contributed by atoms with E-state index in [1.165, 1.54) is 11.3 Å². The van der Waals surface area contributed by atoms with Crippen LogP contribution >= 0.6 is 11.3 Å². The van der Waals surface area contributed by atoms with E-state index >= 15 is 0 Å². The van der Waals surface area contributed by atoms with Crippen molar-refractivity contribution in [2.45, 2.75) is 12.7 Å². The second-order valence-electron chi connectivity index (χ2n) is 5.60. The molecule has 0 saturated carbocycles. The fourth-order valence-corrected chi connectivity index (χ4v) is 3.52. The van der Waals surface area contributed by atoms with E-state index < -0.39 is 17.8 Å². The van der Waals surface area contributed by atoms with E-state index in [0.29, 0.717) is 5.13 Å². The molecule has 0 aliphatic carbocycles. The van der Waals surface area contributed by atoms with E-state index in [-0.39, 0.29) is 6.54 Å². The largest absolute Gasteiger partial charge is 0.435 e. The van der Waals surface area contributed by atoms with Crippen LogP contribution in [0.2, 0.25) is 0 Å². The zero-order valence-corrected chi connectivity index (χ0v) is 13.9. The van der Waals surface area contributed by atoms with Crippen molar-refractivity contribution in [1.82, 2.24) is 14.8 Å². The standard InChI is InChI=1S/C17H11F3N4OS/c18-17(19,20)13-7-8-24(23-13)9-14(25)21-16-22-15-11-4-2-1-3-10(11)5-6-12(15)26-16/h1-8H,9H2,(H,21,22,25). The maximum absolute atomic E-state index is 12.5. The normalized spacial score (nSPS) is 12.0. The molecule has 0 unspecified atom stereocenters. The van der Waals surface area contributed by atoms with Crippen molar-refractivity contribution in [3.05, 3.63) is 54.4 Å². The molecule has 0 fully saturated rings. The van der Waals surface area contributed by atoms with Gasteiger partial charge in [-0.05, 0) is 17.5 Å². The zero-order chi connectivity index (χ0) is 18.3. The maximum atomic E-state index is 12.5. The fraction of sp³-hybridized carbons (Fsp3) is 0.118. The van der Waals surface area contributed by atoms with E-state index in [2.05, 4.69) is 15.4 Å². The molecule has 1 amide bonds. The number of hydrogen-bond donors (Lipinski definition) is 1. The SMILES string of the molecule is O=C(Cn1ccc(C(F)(F)F)n1)Nc1nc2c(ccc3ccccc32)s1. The van der Waals surface area contributed by atoms with Gasteiger partial charge in [0.25, 0.3) is 0 Å². The Morgan fingerprint density at radius 2 is 1.96 bits per heavy atom. The lowest BCUT2D eigenvalue weighted by Crippen LogP contribution is -2.19. The van der Waals surface area contributed by atoms with Gasteiger partial charge in [-0.25, -0.2) is 4.98 Å². The minimum absolute atomic E-state index is 0.327. The van der Waals surface area contributed by atoms with Gasteiger partial charge in [-0.15, -0.1) is 0 Å². The van der Waals surface area contributed by atoms with Gasteiger partial charge in [-0.2, -0.15) is 18.3 Å². The Balaban J connectivity index is 1.54. The van der Waals surface area contributed by atoms with Crippen LogP contribution in [0.5, 0.6) is 0 Å². The zero-order valence-electron chi connectivity index (χ0n) is 13.1. The highest BCUT2D eigenvalue weighted by molar-refractivity contribution is 7.22. The topological polar surface area (TPSA) is 59.8 Å². The van der Waals surface area contributed by atoms with E-state index in [1.54, 1.807) is 0 Å². The van der Waals surface area contributed by atoms with Gasteiger partial charge in [0.05, 0.1) is 10.2 Å². The summed E-state index contributed by atoms with van der Waals surface area (Å²) in [4.78, 5) is 16.5. The van der Waals surface area contributed by atoms with Crippen LogP contribution in [0, 0.1) is 0 Å². The molecule has 9 heteroatoms. The highest BCUT2D eigenvalue weighted by Gasteiger charge is 2.33. The van der Waals surface area contributed by atoms with Crippen LogP contribution in [0.1, 0.15) is 5.69 Å². The van der Waals surface area contributed by atoms with Crippen molar-refractivity contribution < 1.29 is 18.0 Å². The molecule has 4 rings (SSSR count). The average Bonchev–Trinajstić information content (AvgIpc) is 3.21. The summed E-state index contributed by atoms with van der Waals surface area (Å²) in [6.07, 6.45) is -3.41. The number of hydrogen-bond acceptors (Lipinski definition) is 4. The molecule has 5 nitrogen and oxygen atoms in total. The molecule has 0 radical (unpaired) electrons. The first-order chi connectivity index (χ1) is 12.4. The Hall–Kier alpha value is -2.94. The van der Waals surface area contributed by atoms with Gasteiger partial charge in [-0.3, -0.25) is 9.48 Å². The number of amides is 1. The van der Waals surface area contributed by atoms with Gasteiger partial charge in [-0.1, -0.05) is 41.7 Å². The lowest BCUT2D eigenvalue weighted by Gasteiger charge is -2.03. The molecular weight excluding hydrogens is 365 g/mol. The van der Waals surface area contributed by atoms with Crippen LogP contribution in [0.25, 0.3) is 21.0 Å². The first-order valence-electron chi connectivity index (χ1n) is 7.59.